The summed E-state index contributed by atoms with van der Waals surface area (Å²) in [5.41, 5.74) is -2.91. The van der Waals surface area contributed by atoms with Crippen LogP contribution in [0.2, 0.25) is 0 Å². The Labute approximate surface area is 115 Å². The molecule has 2 N–H and O–H groups in total. The topological polar surface area (TPSA) is 66.4 Å². The number of sulfone groups is 1. The third kappa shape index (κ3) is 3.63. The molecule has 1 aromatic rings. The number of hydrogen-bond donors (Lipinski definition) is 2. The van der Waals surface area contributed by atoms with Gasteiger partial charge in [-0.3, -0.25) is 0 Å². The van der Waals surface area contributed by atoms with Gasteiger partial charge in [-0.15, -0.1) is 0 Å². The van der Waals surface area contributed by atoms with Gasteiger partial charge in [0.1, 0.15) is 0 Å². The van der Waals surface area contributed by atoms with Crippen molar-refractivity contribution < 1.29 is 26.7 Å². The maximum absolute atomic E-state index is 12.5. The summed E-state index contributed by atoms with van der Waals surface area (Å²) in [4.78, 5) is -0.0829. The van der Waals surface area contributed by atoms with Crippen LogP contribution >= 0.6 is 0 Å². The van der Waals surface area contributed by atoms with E-state index in [1.54, 1.807) is 0 Å². The first kappa shape index (κ1) is 16.8. The average Bonchev–Trinajstić information content (AvgIpc) is 2.35. The molecule has 114 valence electrons. The van der Waals surface area contributed by atoms with Gasteiger partial charge in [0.2, 0.25) is 0 Å². The fraction of sp³-hybridized carbons (Fsp3) is 0.500. The third-order valence-electron chi connectivity index (χ3n) is 2.84. The number of nitrogens with one attached hydrogen (secondary N) is 1. The van der Waals surface area contributed by atoms with E-state index in [0.717, 1.165) is 0 Å². The number of alkyl halides is 3. The Kier molecular flexibility index (Phi) is 4.70. The van der Waals surface area contributed by atoms with E-state index in [4.69, 9.17) is 0 Å². The number of anilines is 1. The van der Waals surface area contributed by atoms with E-state index < -0.39 is 28.2 Å². The zero-order valence-electron chi connectivity index (χ0n) is 11.0. The molecule has 0 aliphatic heterocycles. The van der Waals surface area contributed by atoms with Crippen molar-refractivity contribution in [2.75, 3.05) is 17.6 Å². The highest BCUT2D eigenvalue weighted by molar-refractivity contribution is 7.91. The Balaban J connectivity index is 3.02. The minimum atomic E-state index is -4.81. The third-order valence-corrected chi connectivity index (χ3v) is 4.62. The Morgan fingerprint density at radius 2 is 1.80 bits per heavy atom. The SMILES string of the molecule is CCS(=O)(=O)c1ccccc1NC[C@](C)(O)C(F)(F)F. The Hall–Kier alpha value is -1.28. The van der Waals surface area contributed by atoms with Gasteiger partial charge >= 0.3 is 6.18 Å². The molecule has 0 saturated carbocycles. The van der Waals surface area contributed by atoms with Crippen LogP contribution in [0.3, 0.4) is 0 Å². The van der Waals surface area contributed by atoms with Crippen molar-refractivity contribution in [3.8, 4) is 0 Å². The van der Waals surface area contributed by atoms with E-state index in [-0.39, 0.29) is 16.3 Å². The van der Waals surface area contributed by atoms with Crippen LogP contribution in [0.25, 0.3) is 0 Å². The summed E-state index contributed by atoms with van der Waals surface area (Å²) in [7, 11) is -3.56. The molecule has 0 aromatic heterocycles. The molecule has 0 bridgehead atoms. The predicted octanol–water partition coefficient (Wildman–Crippen LogP) is 2.21. The molecule has 1 aromatic carbocycles. The van der Waals surface area contributed by atoms with Crippen LogP contribution in [0, 0.1) is 0 Å². The van der Waals surface area contributed by atoms with Gasteiger partial charge in [0, 0.05) is 0 Å². The number of benzene rings is 1. The van der Waals surface area contributed by atoms with E-state index in [1.807, 2.05) is 0 Å². The molecule has 0 radical (unpaired) electrons. The zero-order valence-corrected chi connectivity index (χ0v) is 11.8. The molecule has 0 spiro atoms. The first-order chi connectivity index (χ1) is 9.01. The van der Waals surface area contributed by atoms with Gasteiger partial charge in [-0.2, -0.15) is 13.2 Å². The van der Waals surface area contributed by atoms with Crippen LogP contribution in [0.5, 0.6) is 0 Å². The molecule has 0 saturated heterocycles. The first-order valence-electron chi connectivity index (χ1n) is 5.86. The molecule has 1 rings (SSSR count). The van der Waals surface area contributed by atoms with Gasteiger partial charge in [-0.25, -0.2) is 8.42 Å². The highest BCUT2D eigenvalue weighted by Crippen LogP contribution is 2.31. The number of hydrogen-bond acceptors (Lipinski definition) is 4. The maximum Gasteiger partial charge on any atom is 0.418 e. The van der Waals surface area contributed by atoms with E-state index in [0.29, 0.717) is 6.92 Å². The zero-order chi connectivity index (χ0) is 15.6. The molecule has 0 fully saturated rings. The molecule has 8 heteroatoms. The van der Waals surface area contributed by atoms with Gasteiger partial charge in [0.05, 0.1) is 22.9 Å². The van der Waals surface area contributed by atoms with Crippen LogP contribution < -0.4 is 5.32 Å². The normalized spacial score (nSPS) is 15.7. The lowest BCUT2D eigenvalue weighted by molar-refractivity contribution is -0.246. The van der Waals surface area contributed by atoms with Crippen LogP contribution in [0.1, 0.15) is 13.8 Å². The Morgan fingerprint density at radius 1 is 1.25 bits per heavy atom. The number of rotatable bonds is 5. The quantitative estimate of drug-likeness (QED) is 0.875. The van der Waals surface area contributed by atoms with E-state index >= 15 is 0 Å². The molecular weight excluding hydrogens is 295 g/mol. The van der Waals surface area contributed by atoms with Gasteiger partial charge in [-0.05, 0) is 19.1 Å². The number of para-hydroxylation sites is 1. The minimum Gasteiger partial charge on any atom is -0.381 e. The summed E-state index contributed by atoms with van der Waals surface area (Å²) in [5, 5.41) is 11.7. The van der Waals surface area contributed by atoms with Crippen LogP contribution in [-0.4, -0.2) is 37.6 Å². The van der Waals surface area contributed by atoms with Crippen LogP contribution in [0.4, 0.5) is 18.9 Å². The predicted molar refractivity (Wildman–Crippen MR) is 69.3 cm³/mol. The van der Waals surface area contributed by atoms with Gasteiger partial charge in [0.25, 0.3) is 0 Å². The Morgan fingerprint density at radius 3 is 2.30 bits per heavy atom. The summed E-state index contributed by atoms with van der Waals surface area (Å²) < 4.78 is 61.2. The summed E-state index contributed by atoms with van der Waals surface area (Å²) in [6, 6.07) is 5.65. The van der Waals surface area contributed by atoms with Gasteiger partial charge in [0.15, 0.2) is 15.4 Å². The summed E-state index contributed by atoms with van der Waals surface area (Å²) in [6.07, 6.45) is -4.81. The summed E-state index contributed by atoms with van der Waals surface area (Å²) in [6.45, 7) is 1.22. The minimum absolute atomic E-state index is 0.0406. The molecule has 0 heterocycles. The molecule has 0 aliphatic rings. The van der Waals surface area contributed by atoms with E-state index in [9.17, 15) is 26.7 Å². The second-order valence-corrected chi connectivity index (χ2v) is 6.77. The highest BCUT2D eigenvalue weighted by Gasteiger charge is 2.49. The average molecular weight is 311 g/mol. The first-order valence-corrected chi connectivity index (χ1v) is 7.51. The molecule has 4 nitrogen and oxygen atoms in total. The van der Waals surface area contributed by atoms with Crippen molar-refractivity contribution in [1.82, 2.24) is 0 Å². The Bertz CT molecular complexity index is 568. The van der Waals surface area contributed by atoms with Crippen molar-refractivity contribution in [2.45, 2.75) is 30.5 Å². The lowest BCUT2D eigenvalue weighted by Crippen LogP contribution is -2.47. The summed E-state index contributed by atoms with van der Waals surface area (Å²) in [5.74, 6) is -0.165. The van der Waals surface area contributed by atoms with Crippen molar-refractivity contribution in [1.29, 1.82) is 0 Å². The van der Waals surface area contributed by atoms with Crippen LogP contribution in [-0.2, 0) is 9.84 Å². The van der Waals surface area contributed by atoms with Crippen LogP contribution in [0.15, 0.2) is 29.2 Å². The standard InChI is InChI=1S/C12H16F3NO3S/c1-3-20(18,19)10-7-5-4-6-9(10)16-8-11(2,17)12(13,14)15/h4-7,16-17H,3,8H2,1-2H3/t11-/m0/s1. The molecule has 0 amide bonds. The lowest BCUT2D eigenvalue weighted by Gasteiger charge is -2.27. The maximum atomic E-state index is 12.5. The number of halogens is 3. The van der Waals surface area contributed by atoms with Gasteiger partial charge < -0.3 is 10.4 Å². The number of aliphatic hydroxyl groups is 1. The van der Waals surface area contributed by atoms with Crippen molar-refractivity contribution >= 4 is 15.5 Å². The lowest BCUT2D eigenvalue weighted by atomic mass is 10.1. The van der Waals surface area contributed by atoms with Crippen molar-refractivity contribution in [2.24, 2.45) is 0 Å². The molecule has 0 unspecified atom stereocenters. The molecule has 0 aliphatic carbocycles. The fourth-order valence-corrected chi connectivity index (χ4v) is 2.48. The smallest absolute Gasteiger partial charge is 0.381 e. The fourth-order valence-electron chi connectivity index (χ4n) is 1.41. The largest absolute Gasteiger partial charge is 0.418 e. The van der Waals surface area contributed by atoms with E-state index in [1.165, 1.54) is 31.2 Å². The monoisotopic (exact) mass is 311 g/mol. The van der Waals surface area contributed by atoms with Crippen molar-refractivity contribution in [3.05, 3.63) is 24.3 Å². The van der Waals surface area contributed by atoms with E-state index in [2.05, 4.69) is 5.32 Å². The van der Waals surface area contributed by atoms with Gasteiger partial charge in [-0.1, -0.05) is 19.1 Å². The molecule has 1 atom stereocenters. The molecular formula is C12H16F3NO3S. The second kappa shape index (κ2) is 5.61. The molecule has 20 heavy (non-hydrogen) atoms. The second-order valence-electron chi connectivity index (χ2n) is 4.52. The van der Waals surface area contributed by atoms with Crippen molar-refractivity contribution in [3.63, 3.8) is 0 Å². The summed E-state index contributed by atoms with van der Waals surface area (Å²) >= 11 is 0. The highest BCUT2D eigenvalue weighted by atomic mass is 32.2.